The highest BCUT2D eigenvalue weighted by molar-refractivity contribution is 6.33. The Morgan fingerprint density at radius 3 is 2.57 bits per heavy atom. The Morgan fingerprint density at radius 2 is 1.80 bits per heavy atom. The van der Waals surface area contributed by atoms with Gasteiger partial charge in [-0.3, -0.25) is 9.59 Å². The third-order valence-corrected chi connectivity index (χ3v) is 6.35. The highest BCUT2D eigenvalue weighted by Gasteiger charge is 2.26. The summed E-state index contributed by atoms with van der Waals surface area (Å²) in [5, 5.41) is 3.35. The molecule has 0 aliphatic carbocycles. The predicted octanol–water partition coefficient (Wildman–Crippen LogP) is 6.06. The van der Waals surface area contributed by atoms with Gasteiger partial charge in [0.1, 0.15) is 17.3 Å². The maximum absolute atomic E-state index is 12.9. The molecule has 5 rings (SSSR count). The van der Waals surface area contributed by atoms with Crippen molar-refractivity contribution in [2.45, 2.75) is 13.0 Å². The minimum atomic E-state index is -0.214. The van der Waals surface area contributed by atoms with E-state index < -0.39 is 0 Å². The van der Waals surface area contributed by atoms with Gasteiger partial charge in [0, 0.05) is 41.9 Å². The Balaban J connectivity index is 1.28. The molecule has 0 saturated heterocycles. The summed E-state index contributed by atoms with van der Waals surface area (Å²) < 4.78 is 11.3. The van der Waals surface area contributed by atoms with Crippen LogP contribution in [0.1, 0.15) is 32.0 Å². The molecule has 1 N–H and O–H groups in total. The van der Waals surface area contributed by atoms with Gasteiger partial charge in [-0.1, -0.05) is 29.8 Å². The number of furan rings is 1. The number of rotatable bonds is 5. The lowest BCUT2D eigenvalue weighted by atomic mass is 10.1. The van der Waals surface area contributed by atoms with E-state index in [1.807, 2.05) is 42.5 Å². The van der Waals surface area contributed by atoms with Crippen LogP contribution < -0.4 is 10.1 Å². The van der Waals surface area contributed by atoms with Gasteiger partial charge >= 0.3 is 0 Å². The number of hydrogen-bond acceptors (Lipinski definition) is 4. The first-order valence-corrected chi connectivity index (χ1v) is 11.6. The number of anilines is 1. The quantitative estimate of drug-likeness (QED) is 0.372. The third-order valence-electron chi connectivity index (χ3n) is 6.02. The molecule has 1 aliphatic heterocycles. The second kappa shape index (κ2) is 9.68. The van der Waals surface area contributed by atoms with Crippen LogP contribution in [-0.2, 0) is 13.0 Å². The van der Waals surface area contributed by atoms with Crippen LogP contribution in [0, 0.1) is 0 Å². The van der Waals surface area contributed by atoms with E-state index in [1.54, 1.807) is 48.4 Å². The van der Waals surface area contributed by atoms with E-state index in [9.17, 15) is 9.59 Å². The highest BCUT2D eigenvalue weighted by Crippen LogP contribution is 2.31. The van der Waals surface area contributed by atoms with E-state index in [-0.39, 0.29) is 11.8 Å². The number of fused-ring (bicyclic) bond motifs is 1. The number of methoxy groups -OCH3 is 1. The summed E-state index contributed by atoms with van der Waals surface area (Å²) in [7, 11) is 1.57. The maximum atomic E-state index is 12.9. The lowest BCUT2D eigenvalue weighted by molar-refractivity contribution is 0.0730. The summed E-state index contributed by atoms with van der Waals surface area (Å²) in [5.41, 5.74) is 3.58. The first-order valence-electron chi connectivity index (χ1n) is 11.2. The predicted molar refractivity (Wildman–Crippen MR) is 135 cm³/mol. The molecule has 7 heteroatoms. The lowest BCUT2D eigenvalue weighted by Crippen LogP contribution is -2.35. The normalized spacial score (nSPS) is 12.7. The number of carbonyl (C=O) groups excluding carboxylic acids is 2. The standard InChI is InChI=1S/C28H23ClN2O4/c1-34-22-6-4-5-19(15-22)27(32)30-21-11-9-18(10-12-21)26-16-20-17-31(14-13-25(20)35-26)28(33)23-7-2-3-8-24(23)29/h2-12,15-16H,13-14,17H2,1H3,(H,30,32). The highest BCUT2D eigenvalue weighted by atomic mass is 35.5. The third kappa shape index (κ3) is 4.79. The van der Waals surface area contributed by atoms with Crippen molar-refractivity contribution in [2.75, 3.05) is 19.0 Å². The van der Waals surface area contributed by atoms with Gasteiger partial charge in [-0.15, -0.1) is 0 Å². The van der Waals surface area contributed by atoms with Crippen molar-refractivity contribution in [3.63, 3.8) is 0 Å². The van der Waals surface area contributed by atoms with Gasteiger partial charge in [0.15, 0.2) is 0 Å². The van der Waals surface area contributed by atoms with Gasteiger partial charge in [0.05, 0.1) is 17.7 Å². The topological polar surface area (TPSA) is 71.8 Å². The van der Waals surface area contributed by atoms with E-state index in [4.69, 9.17) is 20.8 Å². The number of nitrogens with zero attached hydrogens (tertiary/aromatic N) is 1. The molecule has 0 radical (unpaired) electrons. The summed E-state index contributed by atoms with van der Waals surface area (Å²) in [6.45, 7) is 1.04. The number of hydrogen-bond donors (Lipinski definition) is 1. The van der Waals surface area contributed by atoms with E-state index in [2.05, 4.69) is 5.32 Å². The minimum absolute atomic E-state index is 0.0832. The number of benzene rings is 3. The molecule has 0 saturated carbocycles. The van der Waals surface area contributed by atoms with Crippen LogP contribution in [0.3, 0.4) is 0 Å². The van der Waals surface area contributed by atoms with Crippen molar-refractivity contribution in [3.8, 4) is 17.1 Å². The van der Waals surface area contributed by atoms with Gasteiger partial charge in [0.2, 0.25) is 0 Å². The SMILES string of the molecule is COc1cccc(C(=O)Nc2ccc(-c3cc4c(o3)CCN(C(=O)c3ccccc3Cl)C4)cc2)c1. The smallest absolute Gasteiger partial charge is 0.255 e. The summed E-state index contributed by atoms with van der Waals surface area (Å²) in [5.74, 6) is 1.95. The summed E-state index contributed by atoms with van der Waals surface area (Å²) in [4.78, 5) is 27.3. The molecule has 0 fully saturated rings. The second-order valence-electron chi connectivity index (χ2n) is 8.28. The number of amides is 2. The zero-order chi connectivity index (χ0) is 24.4. The van der Waals surface area contributed by atoms with Crippen molar-refractivity contribution in [1.29, 1.82) is 0 Å². The summed E-state index contributed by atoms with van der Waals surface area (Å²) in [6, 6.07) is 23.5. The van der Waals surface area contributed by atoms with Crippen molar-refractivity contribution in [3.05, 3.63) is 106 Å². The molecule has 6 nitrogen and oxygen atoms in total. The van der Waals surface area contributed by atoms with Gasteiger partial charge in [-0.05, 0) is 60.7 Å². The Kier molecular flexibility index (Phi) is 6.29. The molecule has 4 aromatic rings. The molecule has 35 heavy (non-hydrogen) atoms. The van der Waals surface area contributed by atoms with Crippen LogP contribution in [0.4, 0.5) is 5.69 Å². The first kappa shape index (κ1) is 22.7. The molecular formula is C28H23ClN2O4. The monoisotopic (exact) mass is 486 g/mol. The zero-order valence-corrected chi connectivity index (χ0v) is 19.8. The van der Waals surface area contributed by atoms with Crippen LogP contribution in [-0.4, -0.2) is 30.4 Å². The van der Waals surface area contributed by atoms with Crippen molar-refractivity contribution in [2.24, 2.45) is 0 Å². The van der Waals surface area contributed by atoms with Crippen LogP contribution in [0.15, 0.2) is 83.3 Å². The van der Waals surface area contributed by atoms with E-state index in [0.717, 1.165) is 22.6 Å². The summed E-state index contributed by atoms with van der Waals surface area (Å²) >= 11 is 6.22. The largest absolute Gasteiger partial charge is 0.497 e. The molecule has 0 unspecified atom stereocenters. The molecule has 1 aliphatic rings. The molecule has 2 heterocycles. The number of nitrogens with one attached hydrogen (secondary N) is 1. The van der Waals surface area contributed by atoms with Gasteiger partial charge < -0.3 is 19.4 Å². The Labute approximate surface area is 208 Å². The molecule has 0 bridgehead atoms. The van der Waals surface area contributed by atoms with Crippen LogP contribution in [0.2, 0.25) is 5.02 Å². The lowest BCUT2D eigenvalue weighted by Gasteiger charge is -2.26. The fourth-order valence-corrected chi connectivity index (χ4v) is 4.36. The zero-order valence-electron chi connectivity index (χ0n) is 19.1. The average molecular weight is 487 g/mol. The molecule has 176 valence electrons. The summed E-state index contributed by atoms with van der Waals surface area (Å²) in [6.07, 6.45) is 0.639. The van der Waals surface area contributed by atoms with Crippen molar-refractivity contribution < 1.29 is 18.7 Å². The van der Waals surface area contributed by atoms with Crippen LogP contribution in [0.5, 0.6) is 5.75 Å². The molecule has 2 amide bonds. The fourth-order valence-electron chi connectivity index (χ4n) is 4.14. The van der Waals surface area contributed by atoms with Crippen LogP contribution >= 0.6 is 11.6 Å². The van der Waals surface area contributed by atoms with E-state index >= 15 is 0 Å². The van der Waals surface area contributed by atoms with Gasteiger partial charge in [-0.2, -0.15) is 0 Å². The minimum Gasteiger partial charge on any atom is -0.497 e. The Morgan fingerprint density at radius 1 is 1.00 bits per heavy atom. The first-order chi connectivity index (χ1) is 17.0. The van der Waals surface area contributed by atoms with Gasteiger partial charge in [0.25, 0.3) is 11.8 Å². The van der Waals surface area contributed by atoms with Crippen molar-refractivity contribution in [1.82, 2.24) is 4.90 Å². The number of ether oxygens (including phenoxy) is 1. The average Bonchev–Trinajstić information content (AvgIpc) is 3.32. The second-order valence-corrected chi connectivity index (χ2v) is 8.69. The fraction of sp³-hybridized carbons (Fsp3) is 0.143. The molecule has 0 atom stereocenters. The molecule has 3 aromatic carbocycles. The number of carbonyl (C=O) groups is 2. The van der Waals surface area contributed by atoms with Gasteiger partial charge in [-0.25, -0.2) is 0 Å². The van der Waals surface area contributed by atoms with E-state index in [0.29, 0.717) is 47.1 Å². The maximum Gasteiger partial charge on any atom is 0.255 e. The molecule has 1 aromatic heterocycles. The molecule has 0 spiro atoms. The molecular weight excluding hydrogens is 464 g/mol. The Bertz CT molecular complexity index is 1390. The Hall–Kier alpha value is -4.03. The van der Waals surface area contributed by atoms with Crippen LogP contribution in [0.25, 0.3) is 11.3 Å². The number of halogens is 1. The van der Waals surface area contributed by atoms with Crippen molar-refractivity contribution >= 4 is 29.1 Å². The van der Waals surface area contributed by atoms with E-state index in [1.165, 1.54) is 0 Å².